The molecule has 28 heavy (non-hydrogen) atoms. The molecule has 0 aromatic heterocycles. The van der Waals surface area contributed by atoms with Gasteiger partial charge in [-0.25, -0.2) is 9.38 Å². The van der Waals surface area contributed by atoms with E-state index in [-0.39, 0.29) is 23.5 Å². The molecule has 1 aliphatic carbocycles. The number of hydrogen-bond acceptors (Lipinski definition) is 6. The minimum absolute atomic E-state index is 0.165. The van der Waals surface area contributed by atoms with Gasteiger partial charge in [0.05, 0.1) is 5.69 Å². The number of benzene rings is 2. The Hall–Kier alpha value is -3.22. The SMILES string of the molecule is NC1=NC2(CCCCC2)N(c2ccccc2C(=O)c2ccc(F)cc2)C(N)=N1. The molecule has 1 saturated carbocycles. The van der Waals surface area contributed by atoms with E-state index in [0.29, 0.717) is 16.8 Å². The lowest BCUT2D eigenvalue weighted by atomic mass is 9.86. The van der Waals surface area contributed by atoms with Gasteiger partial charge in [-0.1, -0.05) is 18.6 Å². The summed E-state index contributed by atoms with van der Waals surface area (Å²) in [6, 6.07) is 12.7. The maximum Gasteiger partial charge on any atom is 0.220 e. The summed E-state index contributed by atoms with van der Waals surface area (Å²) in [4.78, 5) is 23.8. The number of nitrogens with two attached hydrogens (primary N) is 2. The van der Waals surface area contributed by atoms with Gasteiger partial charge in [0.2, 0.25) is 11.9 Å². The Morgan fingerprint density at radius 1 is 1.00 bits per heavy atom. The van der Waals surface area contributed by atoms with Crippen LogP contribution in [0.25, 0.3) is 0 Å². The van der Waals surface area contributed by atoms with E-state index in [1.54, 1.807) is 12.1 Å². The Morgan fingerprint density at radius 2 is 1.68 bits per heavy atom. The molecule has 1 heterocycles. The third kappa shape index (κ3) is 3.13. The second kappa shape index (κ2) is 7.07. The first kappa shape index (κ1) is 18.2. The highest BCUT2D eigenvalue weighted by molar-refractivity contribution is 6.15. The van der Waals surface area contributed by atoms with E-state index in [0.717, 1.165) is 32.1 Å². The molecule has 1 aliphatic heterocycles. The fourth-order valence-corrected chi connectivity index (χ4v) is 4.09. The van der Waals surface area contributed by atoms with Gasteiger partial charge in [-0.15, -0.1) is 0 Å². The fraction of sp³-hybridized carbons (Fsp3) is 0.286. The van der Waals surface area contributed by atoms with Crippen molar-refractivity contribution >= 4 is 23.4 Å². The first-order valence-corrected chi connectivity index (χ1v) is 9.39. The molecule has 2 aromatic rings. The molecule has 144 valence electrons. The Balaban J connectivity index is 1.81. The number of carbonyl (C=O) groups is 1. The zero-order chi connectivity index (χ0) is 19.7. The number of rotatable bonds is 3. The highest BCUT2D eigenvalue weighted by Crippen LogP contribution is 2.40. The quantitative estimate of drug-likeness (QED) is 0.801. The number of guanidine groups is 2. The number of ketones is 1. The van der Waals surface area contributed by atoms with Crippen LogP contribution < -0.4 is 16.4 Å². The normalized spacial score (nSPS) is 18.5. The van der Waals surface area contributed by atoms with E-state index in [9.17, 15) is 9.18 Å². The number of nitrogens with zero attached hydrogens (tertiary/aromatic N) is 3. The van der Waals surface area contributed by atoms with Crippen LogP contribution in [0.5, 0.6) is 0 Å². The topological polar surface area (TPSA) is 97.1 Å². The van der Waals surface area contributed by atoms with E-state index < -0.39 is 5.66 Å². The maximum atomic E-state index is 13.3. The van der Waals surface area contributed by atoms with Crippen molar-refractivity contribution in [2.75, 3.05) is 4.90 Å². The molecule has 6 nitrogen and oxygen atoms in total. The number of carbonyl (C=O) groups excluding carboxylic acids is 1. The van der Waals surface area contributed by atoms with Crippen LogP contribution in [0.2, 0.25) is 0 Å². The summed E-state index contributed by atoms with van der Waals surface area (Å²) in [5, 5.41) is 0. The van der Waals surface area contributed by atoms with Crippen molar-refractivity contribution in [3.63, 3.8) is 0 Å². The van der Waals surface area contributed by atoms with Crippen molar-refractivity contribution in [2.24, 2.45) is 21.5 Å². The third-order valence-electron chi connectivity index (χ3n) is 5.35. The number of halogens is 1. The first-order chi connectivity index (χ1) is 13.5. The first-order valence-electron chi connectivity index (χ1n) is 9.39. The van der Waals surface area contributed by atoms with Crippen LogP contribution in [0.4, 0.5) is 10.1 Å². The zero-order valence-electron chi connectivity index (χ0n) is 15.4. The summed E-state index contributed by atoms with van der Waals surface area (Å²) >= 11 is 0. The fourth-order valence-electron chi connectivity index (χ4n) is 4.09. The third-order valence-corrected chi connectivity index (χ3v) is 5.35. The number of hydrogen-bond donors (Lipinski definition) is 2. The highest BCUT2D eigenvalue weighted by Gasteiger charge is 2.43. The lowest BCUT2D eigenvalue weighted by Gasteiger charge is -2.46. The van der Waals surface area contributed by atoms with Gasteiger partial charge in [0.1, 0.15) is 11.5 Å². The monoisotopic (exact) mass is 379 g/mol. The summed E-state index contributed by atoms with van der Waals surface area (Å²) < 4.78 is 13.3. The molecule has 0 saturated heterocycles. The van der Waals surface area contributed by atoms with Gasteiger partial charge in [0.15, 0.2) is 5.78 Å². The van der Waals surface area contributed by atoms with E-state index in [2.05, 4.69) is 9.98 Å². The Morgan fingerprint density at radius 3 is 2.39 bits per heavy atom. The van der Waals surface area contributed by atoms with Gasteiger partial charge >= 0.3 is 0 Å². The van der Waals surface area contributed by atoms with Gasteiger partial charge < -0.3 is 11.5 Å². The van der Waals surface area contributed by atoms with Crippen LogP contribution >= 0.6 is 0 Å². The maximum absolute atomic E-state index is 13.3. The van der Waals surface area contributed by atoms with Crippen LogP contribution in [-0.2, 0) is 0 Å². The van der Waals surface area contributed by atoms with E-state index in [4.69, 9.17) is 11.5 Å². The predicted molar refractivity (Wildman–Crippen MR) is 108 cm³/mol. The van der Waals surface area contributed by atoms with Crippen LogP contribution in [0.3, 0.4) is 0 Å². The van der Waals surface area contributed by atoms with Crippen molar-refractivity contribution in [1.29, 1.82) is 0 Å². The Labute approximate surface area is 162 Å². The zero-order valence-corrected chi connectivity index (χ0v) is 15.4. The largest absolute Gasteiger partial charge is 0.369 e. The molecule has 0 radical (unpaired) electrons. The molecular weight excluding hydrogens is 357 g/mol. The molecule has 0 atom stereocenters. The van der Waals surface area contributed by atoms with Crippen molar-refractivity contribution in [3.05, 3.63) is 65.5 Å². The van der Waals surface area contributed by atoms with Crippen molar-refractivity contribution in [2.45, 2.75) is 37.8 Å². The molecular formula is C21H22FN5O. The standard InChI is InChI=1S/C21H22FN5O/c22-15-10-8-14(9-11-15)18(28)16-6-2-3-7-17(16)27-20(24)25-19(23)26-21(27)12-4-1-5-13-21/h2-3,6-11H,1,4-5,12-13H2,(H4,23,24,25,26). The number of para-hydroxylation sites is 1. The summed E-state index contributed by atoms with van der Waals surface area (Å²) in [7, 11) is 0. The van der Waals surface area contributed by atoms with E-state index >= 15 is 0 Å². The molecule has 2 aliphatic rings. The number of anilines is 1. The van der Waals surface area contributed by atoms with Crippen molar-refractivity contribution in [1.82, 2.24) is 0 Å². The molecule has 0 bridgehead atoms. The number of aliphatic imine (C=N–C) groups is 2. The summed E-state index contributed by atoms with van der Waals surface area (Å²) in [6.07, 6.45) is 4.67. The minimum atomic E-state index is -0.632. The van der Waals surface area contributed by atoms with Crippen LogP contribution in [0.1, 0.15) is 48.0 Å². The molecule has 0 amide bonds. The molecule has 2 aromatic carbocycles. The summed E-state index contributed by atoms with van der Waals surface area (Å²) in [6.45, 7) is 0. The lowest BCUT2D eigenvalue weighted by Crippen LogP contribution is -2.58. The second-order valence-corrected chi connectivity index (χ2v) is 7.17. The van der Waals surface area contributed by atoms with Gasteiger partial charge in [-0.05, 0) is 62.1 Å². The smallest absolute Gasteiger partial charge is 0.220 e. The lowest BCUT2D eigenvalue weighted by molar-refractivity contribution is 0.103. The van der Waals surface area contributed by atoms with Gasteiger partial charge in [0.25, 0.3) is 0 Å². The average molecular weight is 379 g/mol. The van der Waals surface area contributed by atoms with Gasteiger partial charge in [-0.3, -0.25) is 9.69 Å². The van der Waals surface area contributed by atoms with Gasteiger partial charge in [0, 0.05) is 11.1 Å². The summed E-state index contributed by atoms with van der Waals surface area (Å²) in [5.74, 6) is -0.202. The second-order valence-electron chi connectivity index (χ2n) is 7.17. The van der Waals surface area contributed by atoms with Crippen molar-refractivity contribution < 1.29 is 9.18 Å². The molecule has 0 unspecified atom stereocenters. The summed E-state index contributed by atoms with van der Waals surface area (Å²) in [5.41, 5.74) is 13.1. The molecule has 1 fully saturated rings. The molecule has 4 rings (SSSR count). The molecule has 7 heteroatoms. The highest BCUT2D eigenvalue weighted by atomic mass is 19.1. The average Bonchev–Trinajstić information content (AvgIpc) is 2.68. The Kier molecular flexibility index (Phi) is 4.58. The minimum Gasteiger partial charge on any atom is -0.369 e. The Bertz CT molecular complexity index is 961. The van der Waals surface area contributed by atoms with E-state index in [1.165, 1.54) is 24.3 Å². The van der Waals surface area contributed by atoms with E-state index in [1.807, 2.05) is 17.0 Å². The molecule has 4 N–H and O–H groups in total. The van der Waals surface area contributed by atoms with Crippen LogP contribution in [0.15, 0.2) is 58.5 Å². The van der Waals surface area contributed by atoms with Gasteiger partial charge in [-0.2, -0.15) is 4.99 Å². The van der Waals surface area contributed by atoms with Crippen molar-refractivity contribution in [3.8, 4) is 0 Å². The molecule has 1 spiro atoms. The van der Waals surface area contributed by atoms with Crippen LogP contribution in [-0.4, -0.2) is 23.4 Å². The van der Waals surface area contributed by atoms with Crippen LogP contribution in [0, 0.1) is 5.82 Å². The predicted octanol–water partition coefficient (Wildman–Crippen LogP) is 3.17.